The lowest BCUT2D eigenvalue weighted by atomic mass is 9.96. The van der Waals surface area contributed by atoms with Gasteiger partial charge in [0.05, 0.1) is 6.10 Å². The Hall–Kier alpha value is -0.540. The van der Waals surface area contributed by atoms with Gasteiger partial charge < -0.3 is 10.0 Å². The molecule has 2 nitrogen and oxygen atoms in total. The summed E-state index contributed by atoms with van der Waals surface area (Å²) in [5.74, 6) is 0.908. The van der Waals surface area contributed by atoms with Crippen molar-refractivity contribution >= 4 is 21.6 Å². The zero-order valence-corrected chi connectivity index (χ0v) is 14.2. The summed E-state index contributed by atoms with van der Waals surface area (Å²) < 4.78 is 1.01. The van der Waals surface area contributed by atoms with Crippen LogP contribution in [0.2, 0.25) is 0 Å². The highest BCUT2D eigenvalue weighted by Gasteiger charge is 2.17. The van der Waals surface area contributed by atoms with Crippen molar-refractivity contribution in [3.8, 4) is 0 Å². The second-order valence-corrected chi connectivity index (χ2v) is 6.81. The van der Waals surface area contributed by atoms with Crippen LogP contribution in [0.15, 0.2) is 22.7 Å². The molecule has 0 amide bonds. The molecule has 112 valence electrons. The molecular weight excluding hydrogens is 314 g/mol. The van der Waals surface area contributed by atoms with E-state index in [0.29, 0.717) is 0 Å². The highest BCUT2D eigenvalue weighted by Crippen LogP contribution is 2.30. The summed E-state index contributed by atoms with van der Waals surface area (Å²) in [7, 11) is 0. The highest BCUT2D eigenvalue weighted by molar-refractivity contribution is 9.10. The molecule has 20 heavy (non-hydrogen) atoms. The fourth-order valence-corrected chi connectivity index (χ4v) is 3.87. The van der Waals surface area contributed by atoms with Crippen LogP contribution < -0.4 is 4.90 Å². The lowest BCUT2D eigenvalue weighted by molar-refractivity contribution is 0.198. The van der Waals surface area contributed by atoms with Crippen LogP contribution >= 0.6 is 15.9 Å². The number of anilines is 1. The Balaban J connectivity index is 2.06. The molecule has 3 heteroatoms. The summed E-state index contributed by atoms with van der Waals surface area (Å²) in [5.41, 5.74) is 2.24. The molecule has 0 saturated carbocycles. The summed E-state index contributed by atoms with van der Waals surface area (Å²) in [6.45, 7) is 6.40. The van der Waals surface area contributed by atoms with E-state index in [1.165, 1.54) is 37.8 Å². The van der Waals surface area contributed by atoms with Gasteiger partial charge in [0.1, 0.15) is 0 Å². The minimum Gasteiger partial charge on any atom is -0.389 e. The van der Waals surface area contributed by atoms with Gasteiger partial charge in [0, 0.05) is 23.2 Å². The number of aliphatic hydroxyl groups is 1. The van der Waals surface area contributed by atoms with Crippen LogP contribution in [0, 0.1) is 5.92 Å². The van der Waals surface area contributed by atoms with Crippen LogP contribution in [0.4, 0.5) is 5.69 Å². The van der Waals surface area contributed by atoms with Gasteiger partial charge in [0.25, 0.3) is 0 Å². The highest BCUT2D eigenvalue weighted by atomic mass is 79.9. The Bertz CT molecular complexity index is 433. The van der Waals surface area contributed by atoms with Gasteiger partial charge in [-0.05, 0) is 49.8 Å². The van der Waals surface area contributed by atoms with Crippen molar-refractivity contribution in [1.82, 2.24) is 0 Å². The molecule has 1 heterocycles. The molecule has 1 aromatic rings. The van der Waals surface area contributed by atoms with Crippen molar-refractivity contribution in [2.24, 2.45) is 5.92 Å². The zero-order chi connectivity index (χ0) is 14.5. The van der Waals surface area contributed by atoms with E-state index in [1.54, 1.807) is 6.92 Å². The predicted octanol–water partition coefficient (Wildman–Crippen LogP) is 4.91. The Labute approximate surface area is 131 Å². The van der Waals surface area contributed by atoms with Crippen LogP contribution in [-0.4, -0.2) is 18.2 Å². The van der Waals surface area contributed by atoms with Gasteiger partial charge >= 0.3 is 0 Å². The average molecular weight is 340 g/mol. The van der Waals surface area contributed by atoms with Crippen molar-refractivity contribution in [3.05, 3.63) is 28.2 Å². The molecule has 0 radical (unpaired) electrons. The number of aliphatic hydroxyl groups excluding tert-OH is 1. The third kappa shape index (κ3) is 3.98. The molecule has 2 atom stereocenters. The van der Waals surface area contributed by atoms with Crippen LogP contribution in [0.25, 0.3) is 0 Å². The number of benzene rings is 1. The number of hydrogen-bond donors (Lipinski definition) is 1. The molecule has 1 aromatic carbocycles. The smallest absolute Gasteiger partial charge is 0.0772 e. The van der Waals surface area contributed by atoms with Crippen LogP contribution in [0.5, 0.6) is 0 Å². The monoisotopic (exact) mass is 339 g/mol. The van der Waals surface area contributed by atoms with Crippen LogP contribution in [-0.2, 0) is 0 Å². The Morgan fingerprint density at radius 2 is 2.15 bits per heavy atom. The van der Waals surface area contributed by atoms with Crippen LogP contribution in [0.1, 0.15) is 57.6 Å². The van der Waals surface area contributed by atoms with Gasteiger partial charge in [-0.15, -0.1) is 0 Å². The van der Waals surface area contributed by atoms with Crippen molar-refractivity contribution in [1.29, 1.82) is 0 Å². The first-order valence-electron chi connectivity index (χ1n) is 7.84. The largest absolute Gasteiger partial charge is 0.389 e. The van der Waals surface area contributed by atoms with Gasteiger partial charge in [-0.1, -0.05) is 41.8 Å². The summed E-state index contributed by atoms with van der Waals surface area (Å²) >= 11 is 3.58. The molecular formula is C17H26BrNO. The van der Waals surface area contributed by atoms with E-state index in [0.717, 1.165) is 29.0 Å². The van der Waals surface area contributed by atoms with Gasteiger partial charge in [0.2, 0.25) is 0 Å². The lowest BCUT2D eigenvalue weighted by Gasteiger charge is -2.24. The normalized spacial score (nSPS) is 21.6. The summed E-state index contributed by atoms with van der Waals surface area (Å²) in [4.78, 5) is 2.49. The van der Waals surface area contributed by atoms with Crippen molar-refractivity contribution in [2.75, 3.05) is 18.0 Å². The third-order valence-corrected chi connectivity index (χ3v) is 5.03. The quantitative estimate of drug-likeness (QED) is 0.842. The number of rotatable bonds is 4. The molecule has 2 rings (SSSR count). The van der Waals surface area contributed by atoms with E-state index in [2.05, 4.69) is 39.9 Å². The molecule has 1 unspecified atom stereocenters. The average Bonchev–Trinajstić information content (AvgIpc) is 2.64. The standard InChI is InChI=1S/C17H26BrNO/c1-3-5-14-6-4-10-19(11-9-14)15-7-8-16(13(2)20)17(18)12-15/h7-8,12-14,20H,3-6,9-11H2,1-2H3/t13-,14?/m1/s1. The Morgan fingerprint density at radius 1 is 1.35 bits per heavy atom. The summed E-state index contributed by atoms with van der Waals surface area (Å²) in [6, 6.07) is 6.34. The van der Waals surface area contributed by atoms with E-state index in [9.17, 15) is 5.11 Å². The van der Waals surface area contributed by atoms with E-state index >= 15 is 0 Å². The third-order valence-electron chi connectivity index (χ3n) is 4.34. The first kappa shape index (κ1) is 15.8. The lowest BCUT2D eigenvalue weighted by Crippen LogP contribution is -2.24. The fourth-order valence-electron chi connectivity index (χ4n) is 3.17. The number of halogens is 1. The SMILES string of the molecule is CCCC1CCCN(c2ccc([C@@H](C)O)c(Br)c2)CC1. The second kappa shape index (κ2) is 7.46. The van der Waals surface area contributed by atoms with Gasteiger partial charge in [0.15, 0.2) is 0 Å². The van der Waals surface area contributed by atoms with Gasteiger partial charge in [-0.25, -0.2) is 0 Å². The van der Waals surface area contributed by atoms with E-state index in [4.69, 9.17) is 0 Å². The Morgan fingerprint density at radius 3 is 2.80 bits per heavy atom. The fraction of sp³-hybridized carbons (Fsp3) is 0.647. The summed E-state index contributed by atoms with van der Waals surface area (Å²) in [6.07, 6.45) is 6.23. The molecule has 0 aromatic heterocycles. The summed E-state index contributed by atoms with van der Waals surface area (Å²) in [5, 5.41) is 9.70. The molecule has 0 bridgehead atoms. The molecule has 1 N–H and O–H groups in total. The zero-order valence-electron chi connectivity index (χ0n) is 12.6. The van der Waals surface area contributed by atoms with Gasteiger partial charge in [-0.3, -0.25) is 0 Å². The second-order valence-electron chi connectivity index (χ2n) is 5.95. The van der Waals surface area contributed by atoms with Crippen LogP contribution in [0.3, 0.4) is 0 Å². The first-order valence-corrected chi connectivity index (χ1v) is 8.63. The Kier molecular flexibility index (Phi) is 5.91. The molecule has 1 aliphatic rings. The van der Waals surface area contributed by atoms with E-state index in [-0.39, 0.29) is 0 Å². The van der Waals surface area contributed by atoms with E-state index < -0.39 is 6.10 Å². The molecule has 1 saturated heterocycles. The van der Waals surface area contributed by atoms with Crippen molar-refractivity contribution < 1.29 is 5.11 Å². The number of hydrogen-bond acceptors (Lipinski definition) is 2. The predicted molar refractivity (Wildman–Crippen MR) is 89.2 cm³/mol. The first-order chi connectivity index (χ1) is 9.61. The maximum Gasteiger partial charge on any atom is 0.0772 e. The maximum atomic E-state index is 9.70. The molecule has 0 spiro atoms. The molecule has 1 fully saturated rings. The van der Waals surface area contributed by atoms with Gasteiger partial charge in [-0.2, -0.15) is 0 Å². The topological polar surface area (TPSA) is 23.5 Å². The molecule has 0 aliphatic carbocycles. The van der Waals surface area contributed by atoms with Crippen molar-refractivity contribution in [2.45, 2.75) is 52.1 Å². The minimum absolute atomic E-state index is 0.420. The maximum absolute atomic E-state index is 9.70. The molecule has 1 aliphatic heterocycles. The number of nitrogens with zero attached hydrogens (tertiary/aromatic N) is 1. The van der Waals surface area contributed by atoms with Crippen molar-refractivity contribution in [3.63, 3.8) is 0 Å². The minimum atomic E-state index is -0.420. The van der Waals surface area contributed by atoms with E-state index in [1.807, 2.05) is 6.07 Å².